The third-order valence-corrected chi connectivity index (χ3v) is 2.94. The monoisotopic (exact) mass is 180 g/mol. The maximum Gasteiger partial charge on any atom is 0.250 e. The molecule has 2 saturated heterocycles. The van der Waals surface area contributed by atoms with Crippen molar-refractivity contribution in [1.29, 1.82) is 0 Å². The molecular formula is C8H8N2O3. The van der Waals surface area contributed by atoms with Crippen LogP contribution < -0.4 is 5.84 Å². The maximum absolute atomic E-state index is 11.5. The average Bonchev–Trinajstić information content (AvgIpc) is 2.76. The van der Waals surface area contributed by atoms with Gasteiger partial charge in [-0.05, 0) is 0 Å². The highest BCUT2D eigenvalue weighted by molar-refractivity contribution is 6.06. The first-order chi connectivity index (χ1) is 6.20. The minimum atomic E-state index is -0.368. The Morgan fingerprint density at radius 1 is 1.15 bits per heavy atom. The third-order valence-electron chi connectivity index (χ3n) is 2.94. The zero-order chi connectivity index (χ0) is 9.16. The van der Waals surface area contributed by atoms with Crippen molar-refractivity contribution < 1.29 is 14.3 Å². The number of fused-ring (bicyclic) bond motifs is 5. The molecule has 2 fully saturated rings. The van der Waals surface area contributed by atoms with Gasteiger partial charge >= 0.3 is 0 Å². The zero-order valence-corrected chi connectivity index (χ0v) is 6.71. The predicted molar refractivity (Wildman–Crippen MR) is 40.8 cm³/mol. The second kappa shape index (κ2) is 2.00. The van der Waals surface area contributed by atoms with E-state index in [0.717, 1.165) is 5.01 Å². The lowest BCUT2D eigenvalue weighted by Gasteiger charge is -2.10. The molecule has 68 valence electrons. The molecule has 3 heterocycles. The molecule has 0 spiro atoms. The van der Waals surface area contributed by atoms with Crippen molar-refractivity contribution in [3.05, 3.63) is 12.2 Å². The summed E-state index contributed by atoms with van der Waals surface area (Å²) in [5, 5.41) is 0.727. The van der Waals surface area contributed by atoms with Crippen LogP contribution in [-0.2, 0) is 14.3 Å². The minimum absolute atomic E-state index is 0.236. The van der Waals surface area contributed by atoms with Crippen LogP contribution in [0.2, 0.25) is 0 Å². The van der Waals surface area contributed by atoms with Gasteiger partial charge < -0.3 is 4.74 Å². The van der Waals surface area contributed by atoms with Gasteiger partial charge in [-0.3, -0.25) is 9.59 Å². The van der Waals surface area contributed by atoms with Crippen molar-refractivity contribution in [1.82, 2.24) is 5.01 Å². The molecule has 5 nitrogen and oxygen atoms in total. The van der Waals surface area contributed by atoms with Gasteiger partial charge in [0, 0.05) is 0 Å². The van der Waals surface area contributed by atoms with E-state index >= 15 is 0 Å². The van der Waals surface area contributed by atoms with Crippen LogP contribution in [0.25, 0.3) is 0 Å². The maximum atomic E-state index is 11.5. The highest BCUT2D eigenvalue weighted by Gasteiger charge is 2.60. The Morgan fingerprint density at radius 3 is 2.08 bits per heavy atom. The molecule has 0 saturated carbocycles. The summed E-state index contributed by atoms with van der Waals surface area (Å²) in [6, 6.07) is 0. The average molecular weight is 180 g/mol. The van der Waals surface area contributed by atoms with Crippen LogP contribution in [0.1, 0.15) is 0 Å². The number of nitrogens with zero attached hydrogens (tertiary/aromatic N) is 1. The Morgan fingerprint density at radius 2 is 1.62 bits per heavy atom. The Bertz CT molecular complexity index is 308. The molecule has 3 rings (SSSR count). The van der Waals surface area contributed by atoms with Crippen molar-refractivity contribution in [2.75, 3.05) is 0 Å². The molecule has 5 heteroatoms. The van der Waals surface area contributed by atoms with Crippen LogP contribution in [0.4, 0.5) is 0 Å². The molecule has 2 N–H and O–H groups in total. The Kier molecular flexibility index (Phi) is 1.11. The van der Waals surface area contributed by atoms with Gasteiger partial charge in [-0.25, -0.2) is 10.9 Å². The number of rotatable bonds is 0. The normalized spacial score (nSPS) is 46.4. The lowest BCUT2D eigenvalue weighted by Crippen LogP contribution is -2.39. The molecule has 0 aliphatic carbocycles. The highest BCUT2D eigenvalue weighted by atomic mass is 16.5. The Balaban J connectivity index is 2.08. The first-order valence-corrected chi connectivity index (χ1v) is 4.16. The summed E-state index contributed by atoms with van der Waals surface area (Å²) in [6.45, 7) is 0. The second-order valence-electron chi connectivity index (χ2n) is 3.55. The molecule has 4 atom stereocenters. The molecule has 13 heavy (non-hydrogen) atoms. The van der Waals surface area contributed by atoms with Crippen LogP contribution in [0, 0.1) is 11.8 Å². The van der Waals surface area contributed by atoms with E-state index in [1.54, 1.807) is 0 Å². The summed E-state index contributed by atoms with van der Waals surface area (Å²) < 4.78 is 5.39. The molecule has 2 bridgehead atoms. The van der Waals surface area contributed by atoms with E-state index in [1.165, 1.54) is 0 Å². The largest absolute Gasteiger partial charge is 0.365 e. The lowest BCUT2D eigenvalue weighted by atomic mass is 9.85. The van der Waals surface area contributed by atoms with Gasteiger partial charge in [0.2, 0.25) is 0 Å². The molecule has 0 unspecified atom stereocenters. The van der Waals surface area contributed by atoms with E-state index in [4.69, 9.17) is 10.6 Å². The number of imide groups is 1. The Labute approximate surface area is 74.1 Å². The van der Waals surface area contributed by atoms with Crippen molar-refractivity contribution in [2.24, 2.45) is 17.7 Å². The van der Waals surface area contributed by atoms with E-state index in [9.17, 15) is 9.59 Å². The fourth-order valence-corrected chi connectivity index (χ4v) is 2.33. The first kappa shape index (κ1) is 7.23. The molecule has 0 radical (unpaired) electrons. The zero-order valence-electron chi connectivity index (χ0n) is 6.71. The number of amides is 2. The van der Waals surface area contributed by atoms with Crippen molar-refractivity contribution in [2.45, 2.75) is 12.2 Å². The summed E-state index contributed by atoms with van der Waals surface area (Å²) >= 11 is 0. The lowest BCUT2D eigenvalue weighted by molar-refractivity contribution is -0.142. The SMILES string of the molecule is NN1C(=O)[C@@H]2[C@H](C1=O)[C@H]1C=C[C@H]2O1. The van der Waals surface area contributed by atoms with E-state index in [2.05, 4.69) is 0 Å². The van der Waals surface area contributed by atoms with E-state index in [-0.39, 0.29) is 35.9 Å². The van der Waals surface area contributed by atoms with E-state index in [1.807, 2.05) is 12.2 Å². The fraction of sp³-hybridized carbons (Fsp3) is 0.500. The highest BCUT2D eigenvalue weighted by Crippen LogP contribution is 2.43. The van der Waals surface area contributed by atoms with Gasteiger partial charge in [0.05, 0.1) is 24.0 Å². The topological polar surface area (TPSA) is 72.6 Å². The number of nitrogens with two attached hydrogens (primary N) is 1. The van der Waals surface area contributed by atoms with Gasteiger partial charge in [0.15, 0.2) is 0 Å². The third kappa shape index (κ3) is 0.653. The molecule has 0 aromatic heterocycles. The Hall–Kier alpha value is -1.20. The number of hydrogen-bond donors (Lipinski definition) is 1. The van der Waals surface area contributed by atoms with Gasteiger partial charge in [0.25, 0.3) is 11.8 Å². The van der Waals surface area contributed by atoms with Crippen molar-refractivity contribution >= 4 is 11.8 Å². The van der Waals surface area contributed by atoms with E-state index < -0.39 is 0 Å². The van der Waals surface area contributed by atoms with Gasteiger partial charge in [-0.1, -0.05) is 12.2 Å². The number of ether oxygens (including phenoxy) is 1. The standard InChI is InChI=1S/C8H8N2O3/c9-10-7(11)5-3-1-2-4(13-3)6(5)8(10)12/h1-6H,9H2/t3-,4-,5-,6+/m1/s1. The van der Waals surface area contributed by atoms with Crippen LogP contribution in [0.3, 0.4) is 0 Å². The van der Waals surface area contributed by atoms with Crippen LogP contribution in [-0.4, -0.2) is 29.0 Å². The second-order valence-corrected chi connectivity index (χ2v) is 3.55. The smallest absolute Gasteiger partial charge is 0.250 e. The molecular weight excluding hydrogens is 172 g/mol. The van der Waals surface area contributed by atoms with Gasteiger partial charge in [-0.2, -0.15) is 0 Å². The number of carbonyl (C=O) groups is 2. The summed E-state index contributed by atoms with van der Waals surface area (Å²) in [4.78, 5) is 22.9. The quantitative estimate of drug-likeness (QED) is 0.220. The van der Waals surface area contributed by atoms with Crippen molar-refractivity contribution in [3.63, 3.8) is 0 Å². The number of carbonyl (C=O) groups excluding carboxylic acids is 2. The number of hydrogen-bond acceptors (Lipinski definition) is 4. The van der Waals surface area contributed by atoms with Gasteiger partial charge in [-0.15, -0.1) is 0 Å². The summed E-state index contributed by atoms with van der Waals surface area (Å²) in [7, 11) is 0. The molecule has 2 amide bonds. The van der Waals surface area contributed by atoms with E-state index in [0.29, 0.717) is 0 Å². The molecule has 0 aromatic carbocycles. The summed E-state index contributed by atoms with van der Waals surface area (Å²) in [6.07, 6.45) is 3.19. The predicted octanol–water partition coefficient (Wildman–Crippen LogP) is -1.20. The van der Waals surface area contributed by atoms with Crippen LogP contribution in [0.15, 0.2) is 12.2 Å². The minimum Gasteiger partial charge on any atom is -0.365 e. The molecule has 3 aliphatic heterocycles. The molecule has 3 aliphatic rings. The van der Waals surface area contributed by atoms with Gasteiger partial charge in [0.1, 0.15) is 0 Å². The van der Waals surface area contributed by atoms with Crippen molar-refractivity contribution in [3.8, 4) is 0 Å². The van der Waals surface area contributed by atoms with Crippen LogP contribution >= 0.6 is 0 Å². The summed E-state index contributed by atoms with van der Waals surface area (Å²) in [5.74, 6) is 3.95. The van der Waals surface area contributed by atoms with Crippen LogP contribution in [0.5, 0.6) is 0 Å². The first-order valence-electron chi connectivity index (χ1n) is 4.16. The fourth-order valence-electron chi connectivity index (χ4n) is 2.33. The number of hydrazine groups is 1. The molecule has 0 aromatic rings. The summed E-state index contributed by atoms with van der Waals surface area (Å²) in [5.41, 5.74) is 0.